The maximum atomic E-state index is 4.29. The first-order valence-corrected chi connectivity index (χ1v) is 23.5. The average molecular weight is 925 g/mol. The number of hydrogen-bond donors (Lipinski definition) is 0. The van der Waals surface area contributed by atoms with E-state index in [1.165, 1.54) is 93.2 Å². The monoisotopic (exact) mass is 925 g/mol. The number of aryl methyl sites for hydroxylation is 2. The Balaban J connectivity index is 0.000000266. The van der Waals surface area contributed by atoms with Gasteiger partial charge in [-0.3, -0.25) is 0 Å². The van der Waals surface area contributed by atoms with Crippen LogP contribution in [0.15, 0.2) is 201 Å². The summed E-state index contributed by atoms with van der Waals surface area (Å²) in [7, 11) is 0. The number of quaternary nitrogens is 1. The van der Waals surface area contributed by atoms with Gasteiger partial charge < -0.3 is 25.5 Å². The first kappa shape index (κ1) is 54.3. The quantitative estimate of drug-likeness (QED) is 0.0182. The minimum Gasteiger partial charge on any atom is -0.574 e. The molecule has 0 saturated carbocycles. The predicted octanol–water partition coefficient (Wildman–Crippen LogP) is 17.3. The van der Waals surface area contributed by atoms with Crippen molar-refractivity contribution in [2.24, 2.45) is 30.7 Å². The molecular weight excluding hydrogens is 855 g/mol. The van der Waals surface area contributed by atoms with E-state index in [0.29, 0.717) is 11.7 Å². The van der Waals surface area contributed by atoms with Crippen LogP contribution < -0.4 is 0 Å². The van der Waals surface area contributed by atoms with Crippen LogP contribution in [-0.4, -0.2) is 42.3 Å². The number of unbranched alkanes of at least 4 members (excludes halogenated alkanes) is 4. The van der Waals surface area contributed by atoms with Crippen LogP contribution in [0.25, 0.3) is 10.9 Å². The zero-order valence-electron chi connectivity index (χ0n) is 40.0. The van der Waals surface area contributed by atoms with Crippen LogP contribution in [0.3, 0.4) is 0 Å². The maximum Gasteiger partial charge on any atom is 0.163 e. The number of amidine groups is 2. The van der Waals surface area contributed by atoms with Gasteiger partial charge in [-0.15, -0.1) is 31.8 Å². The third-order valence-electron chi connectivity index (χ3n) is 10.6. The summed E-state index contributed by atoms with van der Waals surface area (Å²) in [5.74, 6) is 0.949. The molecular formula is C56H70FeN9-. The third kappa shape index (κ3) is 21.3. The van der Waals surface area contributed by atoms with E-state index in [1.807, 2.05) is 184 Å². The molecule has 0 radical (unpaired) electrons. The van der Waals surface area contributed by atoms with Crippen LogP contribution in [0.1, 0.15) is 101 Å². The van der Waals surface area contributed by atoms with Crippen LogP contribution >= 0.6 is 0 Å². The SMILES string of the molecule is CCCC[N+](CCCC)(CCCC)CCCC.Cc1ccc(/C(N=Nc2ccccc2)=N/[N-]c2ccccc2)cc1.Cc1ccc(/C(N=Nc2ccccc2)=N/[N-]c2ccccc2)cc1.[Fe]. The van der Waals surface area contributed by atoms with Gasteiger partial charge in [0, 0.05) is 28.2 Å². The predicted molar refractivity (Wildman–Crippen MR) is 276 cm³/mol. The summed E-state index contributed by atoms with van der Waals surface area (Å²) in [6.45, 7) is 19.1. The Morgan fingerprint density at radius 2 is 0.682 bits per heavy atom. The number of rotatable bonds is 20. The standard InChI is InChI=1S/2C20H17N4.C16H36N.Fe/c2*1-16-12-14-17(15-13-16)20(23-21-18-8-4-2-5-9-18)24-22-19-10-6-3-7-11-19;1-5-9-13-17(14-10-6-2,15-11-7-3)16-12-8-4;/h2*2-15H,1H3;5-16H2,1-4H3;/q2*-1;+1;/b2*23-20-,24-22?;;. The zero-order chi connectivity index (χ0) is 46.2. The van der Waals surface area contributed by atoms with Gasteiger partial charge in [-0.05, 0) is 63.8 Å². The van der Waals surface area contributed by atoms with Crippen LogP contribution in [-0.2, 0) is 17.1 Å². The average Bonchev–Trinajstić information content (AvgIpc) is 3.36. The van der Waals surface area contributed by atoms with Crippen LogP contribution in [0.4, 0.5) is 22.7 Å². The third-order valence-corrected chi connectivity index (χ3v) is 10.6. The molecule has 0 heterocycles. The van der Waals surface area contributed by atoms with Crippen LogP contribution in [0.2, 0.25) is 0 Å². The molecule has 0 fully saturated rings. The molecule has 0 N–H and O–H groups in total. The molecule has 0 spiro atoms. The minimum atomic E-state index is 0. The molecule has 0 aliphatic rings. The van der Waals surface area contributed by atoms with E-state index in [4.69, 9.17) is 0 Å². The number of hydrogen-bond acceptors (Lipinski definition) is 4. The van der Waals surface area contributed by atoms with Gasteiger partial charge in [-0.1, -0.05) is 210 Å². The van der Waals surface area contributed by atoms with Crippen molar-refractivity contribution >= 4 is 34.4 Å². The van der Waals surface area contributed by atoms with Crippen molar-refractivity contribution in [3.05, 3.63) is 203 Å². The Morgan fingerprint density at radius 3 is 0.970 bits per heavy atom. The minimum absolute atomic E-state index is 0. The molecule has 0 amide bonds. The summed E-state index contributed by atoms with van der Waals surface area (Å²) < 4.78 is 1.42. The van der Waals surface area contributed by atoms with Crippen LogP contribution in [0, 0.1) is 13.8 Å². The Labute approximate surface area is 406 Å². The van der Waals surface area contributed by atoms with Gasteiger partial charge in [-0.2, -0.15) is 0 Å². The fraction of sp³-hybridized carbons (Fsp3) is 0.321. The second-order valence-corrected chi connectivity index (χ2v) is 16.2. The van der Waals surface area contributed by atoms with E-state index in [0.717, 1.165) is 33.9 Å². The van der Waals surface area contributed by atoms with Gasteiger partial charge in [0.25, 0.3) is 0 Å². The number of nitrogens with zero attached hydrogens (tertiary/aromatic N) is 9. The van der Waals surface area contributed by atoms with Crippen molar-refractivity contribution in [1.29, 1.82) is 0 Å². The molecule has 0 aromatic heterocycles. The van der Waals surface area contributed by atoms with Crippen molar-refractivity contribution in [2.45, 2.75) is 92.9 Å². The summed E-state index contributed by atoms with van der Waals surface area (Å²) in [5.41, 5.74) is 15.7. The van der Waals surface area contributed by atoms with Crippen molar-refractivity contribution in [3.8, 4) is 0 Å². The number of benzene rings is 6. The van der Waals surface area contributed by atoms with E-state index in [2.05, 4.69) is 69.2 Å². The topological polar surface area (TPSA) is 102 Å². The largest absolute Gasteiger partial charge is 0.574 e. The summed E-state index contributed by atoms with van der Waals surface area (Å²) in [6.07, 6.45) is 11.1. The molecule has 9 nitrogen and oxygen atoms in total. The zero-order valence-corrected chi connectivity index (χ0v) is 41.1. The van der Waals surface area contributed by atoms with Gasteiger partial charge in [-0.25, -0.2) is 0 Å². The van der Waals surface area contributed by atoms with E-state index < -0.39 is 0 Å². The fourth-order valence-corrected chi connectivity index (χ4v) is 6.72. The molecule has 6 rings (SSSR count). The van der Waals surface area contributed by atoms with E-state index >= 15 is 0 Å². The molecule has 0 aliphatic heterocycles. The second kappa shape index (κ2) is 32.6. The van der Waals surface area contributed by atoms with Crippen molar-refractivity contribution < 1.29 is 21.6 Å². The van der Waals surface area contributed by atoms with Crippen LogP contribution in [0.5, 0.6) is 0 Å². The molecule has 348 valence electrons. The molecule has 0 aliphatic carbocycles. The molecule has 6 aromatic carbocycles. The summed E-state index contributed by atoms with van der Waals surface area (Å²) in [6, 6.07) is 54.3. The molecule has 10 heteroatoms. The van der Waals surface area contributed by atoms with Crippen molar-refractivity contribution in [3.63, 3.8) is 0 Å². The maximum absolute atomic E-state index is 4.29. The van der Waals surface area contributed by atoms with Crippen molar-refractivity contribution in [1.82, 2.24) is 0 Å². The smallest absolute Gasteiger partial charge is 0.163 e. The van der Waals surface area contributed by atoms with Gasteiger partial charge >= 0.3 is 0 Å². The van der Waals surface area contributed by atoms with E-state index in [9.17, 15) is 0 Å². The number of azo groups is 2. The summed E-state index contributed by atoms with van der Waals surface area (Å²) in [4.78, 5) is 0. The summed E-state index contributed by atoms with van der Waals surface area (Å²) in [5, 5.41) is 25.7. The Hall–Kier alpha value is -6.06. The fourth-order valence-electron chi connectivity index (χ4n) is 6.72. The molecule has 0 bridgehead atoms. The van der Waals surface area contributed by atoms with Gasteiger partial charge in [0.1, 0.15) is 0 Å². The van der Waals surface area contributed by atoms with Gasteiger partial charge in [0.05, 0.1) is 37.6 Å². The molecule has 0 saturated heterocycles. The Kier molecular flexibility index (Phi) is 26.8. The normalized spacial score (nSPS) is 11.5. The molecule has 66 heavy (non-hydrogen) atoms. The Bertz CT molecular complexity index is 2080. The molecule has 0 unspecified atom stereocenters. The van der Waals surface area contributed by atoms with E-state index in [1.54, 1.807) is 0 Å². The molecule has 6 aromatic rings. The first-order chi connectivity index (χ1) is 31.9. The summed E-state index contributed by atoms with van der Waals surface area (Å²) >= 11 is 0. The van der Waals surface area contributed by atoms with Crippen molar-refractivity contribution in [2.75, 3.05) is 26.2 Å². The Morgan fingerprint density at radius 1 is 0.394 bits per heavy atom. The van der Waals surface area contributed by atoms with Gasteiger partial charge in [0.2, 0.25) is 0 Å². The first-order valence-electron chi connectivity index (χ1n) is 23.5. The van der Waals surface area contributed by atoms with E-state index in [-0.39, 0.29) is 17.1 Å². The van der Waals surface area contributed by atoms with Gasteiger partial charge in [0.15, 0.2) is 11.7 Å². The second-order valence-electron chi connectivity index (χ2n) is 16.2. The molecule has 0 atom stereocenters.